The fourth-order valence-electron chi connectivity index (χ4n) is 3.51. The first-order chi connectivity index (χ1) is 16.5. The van der Waals surface area contributed by atoms with Crippen molar-refractivity contribution in [2.75, 3.05) is 0 Å². The highest BCUT2D eigenvalue weighted by Crippen LogP contribution is 2.32. The molecule has 6 nitrogen and oxygen atoms in total. The van der Waals surface area contributed by atoms with E-state index in [9.17, 15) is 4.79 Å². The van der Waals surface area contributed by atoms with Crippen molar-refractivity contribution in [3.05, 3.63) is 106 Å². The van der Waals surface area contributed by atoms with Gasteiger partial charge in [0, 0.05) is 5.56 Å². The third-order valence-corrected chi connectivity index (χ3v) is 6.48. The maximum Gasteiger partial charge on any atom is 0.283 e. The molecule has 0 aliphatic carbocycles. The molecule has 34 heavy (non-hydrogen) atoms. The molecule has 2 aliphatic rings. The van der Waals surface area contributed by atoms with Gasteiger partial charge in [0.05, 0.1) is 10.6 Å². The number of carbonyl (C=O) groups excluding carboxylic acids is 1. The van der Waals surface area contributed by atoms with Gasteiger partial charge in [-0.2, -0.15) is 15.1 Å². The fraction of sp³-hybridized carbons (Fsp3) is 0.0769. The molecular weight excluding hydrogens is 468 g/mol. The lowest BCUT2D eigenvalue weighted by Crippen LogP contribution is -2.35. The Labute approximate surface area is 206 Å². The zero-order chi connectivity index (χ0) is 23.7. The summed E-state index contributed by atoms with van der Waals surface area (Å²) in [5.74, 6) is 0.0389. The first kappa shape index (κ1) is 22.1. The molecule has 0 unspecified atom stereocenters. The molecule has 0 fully saturated rings. The fourth-order valence-corrected chi connectivity index (χ4v) is 4.64. The maximum atomic E-state index is 12.7. The third-order valence-electron chi connectivity index (χ3n) is 5.22. The van der Waals surface area contributed by atoms with Crippen molar-refractivity contribution in [3.63, 3.8) is 0 Å². The van der Waals surface area contributed by atoms with Crippen molar-refractivity contribution in [1.82, 2.24) is 5.01 Å². The van der Waals surface area contributed by atoms with Crippen LogP contribution in [0.3, 0.4) is 0 Å². The molecule has 0 atom stereocenters. The topological polar surface area (TPSA) is 78.1 Å². The Hall–Kier alpha value is -3.68. The number of nitrogens with zero attached hydrogens (tertiary/aromatic N) is 3. The molecule has 0 aromatic heterocycles. The molecular formula is C26H19ClN4O2S. The number of amides is 1. The number of hydrogen-bond donors (Lipinski definition) is 1. The first-order valence-electron chi connectivity index (χ1n) is 10.5. The van der Waals surface area contributed by atoms with Crippen LogP contribution in [0.15, 0.2) is 88.5 Å². The predicted octanol–water partition coefficient (Wildman–Crippen LogP) is 5.89. The van der Waals surface area contributed by atoms with E-state index >= 15 is 0 Å². The van der Waals surface area contributed by atoms with Crippen molar-refractivity contribution in [2.24, 2.45) is 10.1 Å². The summed E-state index contributed by atoms with van der Waals surface area (Å²) >= 11 is 7.70. The number of benzene rings is 3. The Balaban J connectivity index is 1.36. The van der Waals surface area contributed by atoms with Crippen LogP contribution < -0.4 is 4.74 Å². The average molecular weight is 487 g/mol. The van der Waals surface area contributed by atoms with Crippen LogP contribution in [0.25, 0.3) is 6.08 Å². The Bertz CT molecular complexity index is 1400. The number of ether oxygens (including phenoxy) is 1. The largest absolute Gasteiger partial charge is 0.487 e. The second-order valence-corrected chi connectivity index (χ2v) is 9.12. The molecule has 3 aromatic carbocycles. The molecule has 0 saturated carbocycles. The normalized spacial score (nSPS) is 16.4. The highest BCUT2D eigenvalue weighted by Gasteiger charge is 2.36. The summed E-state index contributed by atoms with van der Waals surface area (Å²) in [7, 11) is 0. The number of halogens is 1. The molecule has 3 aromatic rings. The molecule has 0 bridgehead atoms. The second-order valence-electron chi connectivity index (χ2n) is 7.76. The van der Waals surface area contributed by atoms with Crippen molar-refractivity contribution in [3.8, 4) is 5.75 Å². The Morgan fingerprint density at radius 1 is 1.09 bits per heavy atom. The SMILES string of the molecule is Cc1cccc(C2=NN3C(=N)/C(=C/c4ccc(OCc5ccccc5)c(Cl)c4)C(=O)N=C3S2)c1. The summed E-state index contributed by atoms with van der Waals surface area (Å²) in [6, 6.07) is 23.0. The number of aryl methyl sites for hydroxylation is 1. The molecule has 168 valence electrons. The van der Waals surface area contributed by atoms with Gasteiger partial charge >= 0.3 is 0 Å². The van der Waals surface area contributed by atoms with Gasteiger partial charge in [0.15, 0.2) is 5.84 Å². The molecule has 5 rings (SSSR count). The summed E-state index contributed by atoms with van der Waals surface area (Å²) in [5.41, 5.74) is 3.87. The molecule has 0 spiro atoms. The van der Waals surface area contributed by atoms with Gasteiger partial charge in [-0.15, -0.1) is 0 Å². The monoisotopic (exact) mass is 486 g/mol. The molecule has 0 saturated heterocycles. The van der Waals surface area contributed by atoms with Crippen LogP contribution >= 0.6 is 23.4 Å². The van der Waals surface area contributed by atoms with Gasteiger partial charge in [-0.3, -0.25) is 10.2 Å². The minimum atomic E-state index is -0.482. The lowest BCUT2D eigenvalue weighted by molar-refractivity contribution is -0.114. The first-order valence-corrected chi connectivity index (χ1v) is 11.7. The van der Waals surface area contributed by atoms with Gasteiger partial charge in [0.2, 0.25) is 5.17 Å². The van der Waals surface area contributed by atoms with Gasteiger partial charge in [-0.25, -0.2) is 0 Å². The summed E-state index contributed by atoms with van der Waals surface area (Å²) in [6.07, 6.45) is 1.60. The molecule has 1 amide bonds. The minimum Gasteiger partial charge on any atom is -0.487 e. The molecule has 2 heterocycles. The minimum absolute atomic E-state index is 0.0225. The van der Waals surface area contributed by atoms with Gasteiger partial charge < -0.3 is 4.74 Å². The number of rotatable bonds is 5. The number of hydrogen-bond acceptors (Lipinski definition) is 5. The van der Waals surface area contributed by atoms with E-state index in [0.29, 0.717) is 33.2 Å². The van der Waals surface area contributed by atoms with E-state index in [1.54, 1.807) is 24.3 Å². The number of thioether (sulfide) groups is 1. The predicted molar refractivity (Wildman–Crippen MR) is 138 cm³/mol. The standard InChI is InChI=1S/C26H19ClN4O2S/c1-16-6-5-9-19(12-16)25-30-31-23(28)20(24(32)29-26(31)34-25)13-18-10-11-22(21(27)14-18)33-15-17-7-3-2-4-8-17/h2-14,28H,15H2,1H3/b20-13-,28-23?. The van der Waals surface area contributed by atoms with Crippen LogP contribution in [0, 0.1) is 12.3 Å². The van der Waals surface area contributed by atoms with E-state index in [1.165, 1.54) is 16.8 Å². The van der Waals surface area contributed by atoms with Gasteiger partial charge in [0.25, 0.3) is 5.91 Å². The maximum absolute atomic E-state index is 12.7. The van der Waals surface area contributed by atoms with Crippen LogP contribution in [-0.4, -0.2) is 27.0 Å². The second kappa shape index (κ2) is 9.29. The summed E-state index contributed by atoms with van der Waals surface area (Å²) in [4.78, 5) is 16.9. The summed E-state index contributed by atoms with van der Waals surface area (Å²) < 4.78 is 5.82. The van der Waals surface area contributed by atoms with E-state index in [4.69, 9.17) is 21.7 Å². The van der Waals surface area contributed by atoms with Crippen molar-refractivity contribution >= 4 is 51.4 Å². The van der Waals surface area contributed by atoms with Crippen LogP contribution in [-0.2, 0) is 11.4 Å². The van der Waals surface area contributed by atoms with Crippen LogP contribution in [0.4, 0.5) is 0 Å². The Morgan fingerprint density at radius 2 is 1.91 bits per heavy atom. The van der Waals surface area contributed by atoms with Crippen molar-refractivity contribution in [2.45, 2.75) is 13.5 Å². The Kier molecular flexibility index (Phi) is 6.04. The smallest absolute Gasteiger partial charge is 0.283 e. The van der Waals surface area contributed by atoms with Crippen LogP contribution in [0.2, 0.25) is 5.02 Å². The van der Waals surface area contributed by atoms with E-state index in [-0.39, 0.29) is 11.4 Å². The van der Waals surface area contributed by atoms with E-state index in [0.717, 1.165) is 16.7 Å². The van der Waals surface area contributed by atoms with Gasteiger partial charge in [-0.05, 0) is 54.1 Å². The number of amidine groups is 2. The number of aliphatic imine (C=N–C) groups is 1. The summed E-state index contributed by atoms with van der Waals surface area (Å²) in [5, 5.41) is 16.0. The molecule has 8 heteroatoms. The lowest BCUT2D eigenvalue weighted by Gasteiger charge is -2.20. The number of nitrogens with one attached hydrogen (secondary N) is 1. The average Bonchev–Trinajstić information content (AvgIpc) is 3.26. The van der Waals surface area contributed by atoms with E-state index in [1.807, 2.05) is 61.5 Å². The van der Waals surface area contributed by atoms with E-state index in [2.05, 4.69) is 10.1 Å². The molecule has 2 aliphatic heterocycles. The number of hydrazone groups is 1. The highest BCUT2D eigenvalue weighted by atomic mass is 35.5. The van der Waals surface area contributed by atoms with Gasteiger partial charge in [0.1, 0.15) is 17.4 Å². The molecule has 0 radical (unpaired) electrons. The Morgan fingerprint density at radius 3 is 2.68 bits per heavy atom. The zero-order valence-corrected chi connectivity index (χ0v) is 19.7. The van der Waals surface area contributed by atoms with Crippen molar-refractivity contribution < 1.29 is 9.53 Å². The number of carbonyl (C=O) groups is 1. The zero-order valence-electron chi connectivity index (χ0n) is 18.2. The van der Waals surface area contributed by atoms with Crippen molar-refractivity contribution in [1.29, 1.82) is 5.41 Å². The lowest BCUT2D eigenvalue weighted by atomic mass is 10.1. The van der Waals surface area contributed by atoms with Gasteiger partial charge in [-0.1, -0.05) is 71.8 Å². The van der Waals surface area contributed by atoms with Crippen LogP contribution in [0.5, 0.6) is 5.75 Å². The third kappa shape index (κ3) is 4.53. The quantitative estimate of drug-likeness (QED) is 0.456. The highest BCUT2D eigenvalue weighted by molar-refractivity contribution is 8.27. The van der Waals surface area contributed by atoms with Crippen LogP contribution in [0.1, 0.15) is 22.3 Å². The summed E-state index contributed by atoms with van der Waals surface area (Å²) in [6.45, 7) is 2.40. The molecule has 1 N–H and O–H groups in total. The number of fused-ring (bicyclic) bond motifs is 1. The van der Waals surface area contributed by atoms with E-state index < -0.39 is 5.91 Å².